The summed E-state index contributed by atoms with van der Waals surface area (Å²) in [6.07, 6.45) is 0.639. The molecule has 0 amide bonds. The van der Waals surface area contributed by atoms with Gasteiger partial charge in [-0.25, -0.2) is 0 Å². The number of aliphatic carboxylic acids is 1. The first-order valence-electron chi connectivity index (χ1n) is 6.21. The number of carbonyl (C=O) groups excluding carboxylic acids is 1. The summed E-state index contributed by atoms with van der Waals surface area (Å²) in [6, 6.07) is 6.83. The van der Waals surface area contributed by atoms with Crippen molar-refractivity contribution in [3.8, 4) is 5.75 Å². The van der Waals surface area contributed by atoms with Crippen molar-refractivity contribution in [3.63, 3.8) is 0 Å². The van der Waals surface area contributed by atoms with Crippen LogP contribution in [0.3, 0.4) is 0 Å². The van der Waals surface area contributed by atoms with Gasteiger partial charge in [0.05, 0.1) is 12.8 Å². The van der Waals surface area contributed by atoms with Crippen molar-refractivity contribution in [3.05, 3.63) is 29.8 Å². The van der Waals surface area contributed by atoms with Gasteiger partial charge in [-0.05, 0) is 18.2 Å². The number of ether oxygens (including phenoxy) is 1. The molecule has 6 heteroatoms. The Morgan fingerprint density at radius 3 is 3.00 bits per heavy atom. The summed E-state index contributed by atoms with van der Waals surface area (Å²) in [7, 11) is 1.32. The molecule has 0 bridgehead atoms. The van der Waals surface area contributed by atoms with Crippen LogP contribution < -0.4 is 4.74 Å². The van der Waals surface area contributed by atoms with Crippen LogP contribution in [-0.4, -0.2) is 48.7 Å². The highest BCUT2D eigenvalue weighted by Gasteiger charge is 2.49. The SMILES string of the molecule is O=C[B]N1C[C@@H]2COc3ccccc3[C@@H]2[C@H]1C(=O)O. The van der Waals surface area contributed by atoms with E-state index in [9.17, 15) is 14.7 Å². The van der Waals surface area contributed by atoms with E-state index in [4.69, 9.17) is 4.74 Å². The molecule has 0 saturated carbocycles. The third kappa shape index (κ3) is 1.92. The number of nitrogens with zero attached hydrogens (tertiary/aromatic N) is 1. The highest BCUT2D eigenvalue weighted by molar-refractivity contribution is 6.64. The third-order valence-electron chi connectivity index (χ3n) is 3.89. The molecule has 1 radical (unpaired) electrons. The van der Waals surface area contributed by atoms with E-state index in [1.807, 2.05) is 24.3 Å². The number of para-hydroxylation sites is 1. The van der Waals surface area contributed by atoms with Crippen molar-refractivity contribution in [1.29, 1.82) is 0 Å². The maximum atomic E-state index is 11.5. The van der Waals surface area contributed by atoms with Gasteiger partial charge in [0.1, 0.15) is 11.8 Å². The van der Waals surface area contributed by atoms with Gasteiger partial charge in [0.2, 0.25) is 0 Å². The van der Waals surface area contributed by atoms with Crippen LogP contribution in [0.5, 0.6) is 5.75 Å². The zero-order chi connectivity index (χ0) is 13.4. The molecule has 3 atom stereocenters. The Balaban J connectivity index is 2.01. The molecule has 0 aromatic heterocycles. The topological polar surface area (TPSA) is 66.8 Å². The van der Waals surface area contributed by atoms with Gasteiger partial charge in [-0.3, -0.25) is 4.79 Å². The Morgan fingerprint density at radius 2 is 2.26 bits per heavy atom. The molecule has 0 unspecified atom stereocenters. The van der Waals surface area contributed by atoms with E-state index in [0.29, 0.717) is 19.3 Å². The second kappa shape index (κ2) is 4.70. The van der Waals surface area contributed by atoms with Crippen LogP contribution in [0.4, 0.5) is 0 Å². The van der Waals surface area contributed by atoms with E-state index >= 15 is 0 Å². The van der Waals surface area contributed by atoms with Crippen LogP contribution in [-0.2, 0) is 9.59 Å². The highest BCUT2D eigenvalue weighted by atomic mass is 16.5. The molecular weight excluding hydrogens is 245 g/mol. The Hall–Kier alpha value is -1.82. The number of fused-ring (bicyclic) bond motifs is 3. The zero-order valence-corrected chi connectivity index (χ0v) is 10.2. The smallest absolute Gasteiger partial charge is 0.320 e. The first kappa shape index (κ1) is 12.2. The Morgan fingerprint density at radius 1 is 1.47 bits per heavy atom. The van der Waals surface area contributed by atoms with Gasteiger partial charge in [0.25, 0.3) is 7.41 Å². The Labute approximate surface area is 111 Å². The molecule has 2 heterocycles. The van der Waals surface area contributed by atoms with Gasteiger partial charge in [-0.1, -0.05) is 18.2 Å². The number of carbonyl (C=O) groups is 2. The number of carboxylic acid groups (broad SMARTS) is 1. The normalized spacial score (nSPS) is 28.9. The molecule has 19 heavy (non-hydrogen) atoms. The average molecular weight is 258 g/mol. The predicted octanol–water partition coefficient (Wildman–Crippen LogP) is 0.357. The van der Waals surface area contributed by atoms with Gasteiger partial charge in [-0.15, -0.1) is 0 Å². The molecule has 2 aliphatic heterocycles. The monoisotopic (exact) mass is 258 g/mol. The molecule has 1 aromatic rings. The minimum absolute atomic E-state index is 0.104. The van der Waals surface area contributed by atoms with Crippen LogP contribution in [0.2, 0.25) is 0 Å². The lowest BCUT2D eigenvalue weighted by Gasteiger charge is -2.30. The van der Waals surface area contributed by atoms with Gasteiger partial charge in [0, 0.05) is 11.8 Å². The standard InChI is InChI=1S/C13H13BNO4/c16-7-14-15-5-8-6-19-10-4-2-1-3-9(10)11(8)12(15)13(17)18/h1-4,7-8,11-12H,5-6H2,(H,17,18)/t8-,11-,12+/m1/s1. The third-order valence-corrected chi connectivity index (χ3v) is 3.89. The Kier molecular flexibility index (Phi) is 3.02. The van der Waals surface area contributed by atoms with E-state index in [1.54, 1.807) is 4.81 Å². The lowest BCUT2D eigenvalue weighted by Crippen LogP contribution is -2.41. The van der Waals surface area contributed by atoms with Crippen LogP contribution in [0.15, 0.2) is 24.3 Å². The van der Waals surface area contributed by atoms with Crippen molar-refractivity contribution >= 4 is 19.6 Å². The van der Waals surface area contributed by atoms with E-state index < -0.39 is 12.0 Å². The molecule has 1 fully saturated rings. The fourth-order valence-corrected chi connectivity index (χ4v) is 3.15. The number of hydrogen-bond donors (Lipinski definition) is 1. The molecule has 1 aromatic carbocycles. The summed E-state index contributed by atoms with van der Waals surface area (Å²) in [5.41, 5.74) is 0.924. The van der Waals surface area contributed by atoms with Crippen LogP contribution in [0, 0.1) is 5.92 Å². The molecule has 2 aliphatic rings. The maximum absolute atomic E-state index is 11.5. The second-order valence-corrected chi connectivity index (χ2v) is 4.90. The van der Waals surface area contributed by atoms with E-state index in [0.717, 1.165) is 11.3 Å². The molecule has 0 spiro atoms. The highest BCUT2D eigenvalue weighted by Crippen LogP contribution is 2.44. The van der Waals surface area contributed by atoms with Crippen LogP contribution >= 0.6 is 0 Å². The Bertz CT molecular complexity index is 521. The molecule has 97 valence electrons. The van der Waals surface area contributed by atoms with Crippen molar-refractivity contribution < 1.29 is 19.4 Å². The lowest BCUT2D eigenvalue weighted by atomic mass is 9.82. The molecule has 1 N–H and O–H groups in total. The number of hydrogen-bond acceptors (Lipinski definition) is 4. The van der Waals surface area contributed by atoms with Gasteiger partial charge in [0.15, 0.2) is 0 Å². The number of carboxylic acids is 1. The number of rotatable bonds is 3. The lowest BCUT2D eigenvalue weighted by molar-refractivity contribution is -0.141. The second-order valence-electron chi connectivity index (χ2n) is 4.90. The van der Waals surface area contributed by atoms with E-state index in [-0.39, 0.29) is 11.8 Å². The molecule has 5 nitrogen and oxygen atoms in total. The van der Waals surface area contributed by atoms with E-state index in [1.165, 1.54) is 7.41 Å². The largest absolute Gasteiger partial charge is 0.493 e. The van der Waals surface area contributed by atoms with Gasteiger partial charge < -0.3 is 19.4 Å². The maximum Gasteiger partial charge on any atom is 0.320 e. The summed E-state index contributed by atoms with van der Waals surface area (Å²) >= 11 is 0. The predicted molar refractivity (Wildman–Crippen MR) is 68.8 cm³/mol. The molecule has 0 aliphatic carbocycles. The van der Waals surface area contributed by atoms with E-state index in [2.05, 4.69) is 0 Å². The molecule has 1 saturated heterocycles. The van der Waals surface area contributed by atoms with Gasteiger partial charge in [-0.2, -0.15) is 0 Å². The molecular formula is C13H13BNO4. The minimum atomic E-state index is -0.901. The van der Waals surface area contributed by atoms with Crippen molar-refractivity contribution in [1.82, 2.24) is 4.81 Å². The zero-order valence-electron chi connectivity index (χ0n) is 10.2. The van der Waals surface area contributed by atoms with Crippen molar-refractivity contribution in [2.75, 3.05) is 13.2 Å². The number of benzene rings is 1. The molecule has 3 rings (SSSR count). The summed E-state index contributed by atoms with van der Waals surface area (Å²) in [4.78, 5) is 23.8. The summed E-state index contributed by atoms with van der Waals surface area (Å²) < 4.78 is 5.67. The van der Waals surface area contributed by atoms with Crippen molar-refractivity contribution in [2.45, 2.75) is 12.0 Å². The van der Waals surface area contributed by atoms with Gasteiger partial charge >= 0.3 is 5.97 Å². The fraction of sp³-hybridized carbons (Fsp3) is 0.385. The first-order chi connectivity index (χ1) is 9.22. The van der Waals surface area contributed by atoms with Crippen LogP contribution in [0.25, 0.3) is 0 Å². The van der Waals surface area contributed by atoms with Crippen LogP contribution in [0.1, 0.15) is 11.5 Å². The summed E-state index contributed by atoms with van der Waals surface area (Å²) in [5.74, 6) is -0.170. The first-order valence-corrected chi connectivity index (χ1v) is 6.21. The summed E-state index contributed by atoms with van der Waals surface area (Å²) in [5, 5.41) is 9.46. The summed E-state index contributed by atoms with van der Waals surface area (Å²) in [6.45, 7) is 1.03. The quantitative estimate of drug-likeness (QED) is 0.626. The fourth-order valence-electron chi connectivity index (χ4n) is 3.15. The average Bonchev–Trinajstić information content (AvgIpc) is 2.77. The van der Waals surface area contributed by atoms with Crippen molar-refractivity contribution in [2.24, 2.45) is 5.92 Å². The minimum Gasteiger partial charge on any atom is -0.493 e.